The molecule has 2 saturated carbocycles. The first-order valence-electron chi connectivity index (χ1n) is 6.78. The van der Waals surface area contributed by atoms with Gasteiger partial charge in [-0.1, -0.05) is 58.9 Å². The first-order valence-corrected chi connectivity index (χ1v) is 8.07. The lowest BCUT2D eigenvalue weighted by atomic mass is 9.58. The summed E-state index contributed by atoms with van der Waals surface area (Å²) in [6.07, 6.45) is 8.07. The van der Waals surface area contributed by atoms with E-state index in [4.69, 9.17) is 16.3 Å². The van der Waals surface area contributed by atoms with E-state index < -0.39 is 0 Å². The zero-order valence-corrected chi connectivity index (χ0v) is 12.7. The fourth-order valence-electron chi connectivity index (χ4n) is 3.40. The first-order chi connectivity index (χ1) is 8.72. The molecular formula is C15H18BrClO. The summed E-state index contributed by atoms with van der Waals surface area (Å²) in [5.74, 6) is 0.841. The summed E-state index contributed by atoms with van der Waals surface area (Å²) in [5, 5.41) is 0.724. The maximum atomic E-state index is 6.18. The van der Waals surface area contributed by atoms with Crippen molar-refractivity contribution < 1.29 is 4.74 Å². The monoisotopic (exact) mass is 328 g/mol. The van der Waals surface area contributed by atoms with E-state index in [1.807, 2.05) is 24.3 Å². The molecule has 3 rings (SSSR count). The summed E-state index contributed by atoms with van der Waals surface area (Å²) in [6.45, 7) is 0. The van der Waals surface area contributed by atoms with Gasteiger partial charge >= 0.3 is 0 Å². The van der Waals surface area contributed by atoms with Crippen molar-refractivity contribution in [2.75, 3.05) is 0 Å². The van der Waals surface area contributed by atoms with Gasteiger partial charge < -0.3 is 4.74 Å². The van der Waals surface area contributed by atoms with Crippen molar-refractivity contribution in [3.63, 3.8) is 0 Å². The molecule has 0 saturated heterocycles. The summed E-state index contributed by atoms with van der Waals surface area (Å²) in [4.78, 5) is 0.623. The highest BCUT2D eigenvalue weighted by atomic mass is 79.9. The van der Waals surface area contributed by atoms with Gasteiger partial charge in [-0.3, -0.25) is 0 Å². The number of para-hydroxylation sites is 1. The van der Waals surface area contributed by atoms with Crippen molar-refractivity contribution in [3.8, 4) is 5.75 Å². The van der Waals surface area contributed by atoms with Crippen LogP contribution in [0.25, 0.3) is 0 Å². The summed E-state index contributed by atoms with van der Waals surface area (Å²) in [7, 11) is 0. The van der Waals surface area contributed by atoms with E-state index in [1.165, 1.54) is 32.1 Å². The van der Waals surface area contributed by atoms with Crippen molar-refractivity contribution in [2.24, 2.45) is 5.41 Å². The molecule has 0 bridgehead atoms. The van der Waals surface area contributed by atoms with Crippen LogP contribution in [-0.2, 0) is 0 Å². The van der Waals surface area contributed by atoms with E-state index in [9.17, 15) is 0 Å². The van der Waals surface area contributed by atoms with E-state index in [2.05, 4.69) is 15.9 Å². The molecule has 2 aliphatic rings. The quantitative estimate of drug-likeness (QED) is 0.677. The zero-order valence-electron chi connectivity index (χ0n) is 10.4. The van der Waals surface area contributed by atoms with Crippen LogP contribution < -0.4 is 4.74 Å². The summed E-state index contributed by atoms with van der Waals surface area (Å²) in [5.41, 5.74) is 0.359. The average molecular weight is 330 g/mol. The van der Waals surface area contributed by atoms with Crippen LogP contribution in [-0.4, -0.2) is 10.9 Å². The number of ether oxygens (including phenoxy) is 1. The third-order valence-corrected chi connectivity index (χ3v) is 6.17. The van der Waals surface area contributed by atoms with Crippen LogP contribution in [0.15, 0.2) is 24.3 Å². The van der Waals surface area contributed by atoms with Crippen LogP contribution in [0, 0.1) is 5.41 Å². The minimum atomic E-state index is 0.335. The van der Waals surface area contributed by atoms with Gasteiger partial charge in [-0.2, -0.15) is 0 Å². The van der Waals surface area contributed by atoms with Gasteiger partial charge in [0.1, 0.15) is 11.9 Å². The third kappa shape index (κ3) is 2.08. The Labute approximate surface area is 122 Å². The molecule has 98 valence electrons. The SMILES string of the molecule is Clc1ccccc1OC1CC(Br)C12CCCCC2. The zero-order chi connectivity index (χ0) is 12.6. The second kappa shape index (κ2) is 5.05. The molecule has 1 spiro atoms. The molecule has 0 aliphatic heterocycles. The largest absolute Gasteiger partial charge is 0.488 e. The highest BCUT2D eigenvalue weighted by Gasteiger charge is 2.55. The molecule has 1 aromatic carbocycles. The van der Waals surface area contributed by atoms with Crippen molar-refractivity contribution >= 4 is 27.5 Å². The van der Waals surface area contributed by atoms with Crippen LogP contribution >= 0.6 is 27.5 Å². The smallest absolute Gasteiger partial charge is 0.138 e. The standard InChI is InChI=1S/C15H18BrClO/c16-13-10-14(15(13)8-4-1-5-9-15)18-12-7-3-2-6-11(12)17/h2-3,6-7,13-14H,1,4-5,8-10H2. The van der Waals surface area contributed by atoms with Crippen LogP contribution in [0.3, 0.4) is 0 Å². The van der Waals surface area contributed by atoms with Gasteiger partial charge in [-0.15, -0.1) is 0 Å². The van der Waals surface area contributed by atoms with Crippen molar-refractivity contribution in [2.45, 2.75) is 49.5 Å². The Morgan fingerprint density at radius 1 is 1.17 bits per heavy atom. The van der Waals surface area contributed by atoms with Gasteiger partial charge in [0.15, 0.2) is 0 Å². The minimum Gasteiger partial charge on any atom is -0.488 e. The highest BCUT2D eigenvalue weighted by molar-refractivity contribution is 9.09. The molecule has 1 aromatic rings. The molecule has 2 aliphatic carbocycles. The fourth-order valence-corrected chi connectivity index (χ4v) is 4.68. The maximum Gasteiger partial charge on any atom is 0.138 e. The number of hydrogen-bond donors (Lipinski definition) is 0. The number of benzene rings is 1. The Hall–Kier alpha value is -0.210. The van der Waals surface area contributed by atoms with Crippen molar-refractivity contribution in [1.29, 1.82) is 0 Å². The Kier molecular flexibility index (Phi) is 3.59. The highest BCUT2D eigenvalue weighted by Crippen LogP contribution is 2.56. The maximum absolute atomic E-state index is 6.18. The van der Waals surface area contributed by atoms with Gasteiger partial charge in [-0.25, -0.2) is 0 Å². The Balaban J connectivity index is 1.75. The molecule has 0 aromatic heterocycles. The molecule has 18 heavy (non-hydrogen) atoms. The second-order valence-corrected chi connectivity index (χ2v) is 7.05. The van der Waals surface area contributed by atoms with Gasteiger partial charge in [0.05, 0.1) is 5.02 Å². The summed E-state index contributed by atoms with van der Waals surface area (Å²) >= 11 is 10.0. The Bertz CT molecular complexity index is 428. The van der Waals surface area contributed by atoms with E-state index >= 15 is 0 Å². The third-order valence-electron chi connectivity index (χ3n) is 4.58. The minimum absolute atomic E-state index is 0.335. The first kappa shape index (κ1) is 12.8. The molecule has 2 atom stereocenters. The number of hydrogen-bond acceptors (Lipinski definition) is 1. The Morgan fingerprint density at radius 2 is 1.89 bits per heavy atom. The van der Waals surface area contributed by atoms with E-state index in [1.54, 1.807) is 0 Å². The average Bonchev–Trinajstić information content (AvgIpc) is 2.41. The van der Waals surface area contributed by atoms with Crippen LogP contribution in [0.4, 0.5) is 0 Å². The molecule has 2 unspecified atom stereocenters. The Morgan fingerprint density at radius 3 is 2.56 bits per heavy atom. The van der Waals surface area contributed by atoms with Gasteiger partial charge in [-0.05, 0) is 31.4 Å². The molecular weight excluding hydrogens is 312 g/mol. The predicted octanol–water partition coefficient (Wildman–Crippen LogP) is 5.21. The summed E-state index contributed by atoms with van der Waals surface area (Å²) in [6, 6.07) is 7.80. The van der Waals surface area contributed by atoms with Crippen molar-refractivity contribution in [3.05, 3.63) is 29.3 Å². The second-order valence-electron chi connectivity index (χ2n) is 5.53. The van der Waals surface area contributed by atoms with Gasteiger partial charge in [0.25, 0.3) is 0 Å². The molecule has 0 N–H and O–H groups in total. The number of halogens is 2. The van der Waals surface area contributed by atoms with Crippen LogP contribution in [0.5, 0.6) is 5.75 Å². The number of alkyl halides is 1. The topological polar surface area (TPSA) is 9.23 Å². The van der Waals surface area contributed by atoms with Crippen LogP contribution in [0.2, 0.25) is 5.02 Å². The molecule has 0 amide bonds. The lowest BCUT2D eigenvalue weighted by Gasteiger charge is -2.55. The fraction of sp³-hybridized carbons (Fsp3) is 0.600. The lowest BCUT2D eigenvalue weighted by molar-refractivity contribution is -0.0600. The van der Waals surface area contributed by atoms with E-state index in [0.29, 0.717) is 16.3 Å². The normalized spacial score (nSPS) is 29.9. The molecule has 0 heterocycles. The summed E-state index contributed by atoms with van der Waals surface area (Å²) < 4.78 is 6.18. The van der Waals surface area contributed by atoms with Crippen LogP contribution in [0.1, 0.15) is 38.5 Å². The molecule has 2 fully saturated rings. The lowest BCUT2D eigenvalue weighted by Crippen LogP contribution is -2.57. The molecule has 3 heteroatoms. The van der Waals surface area contributed by atoms with Crippen molar-refractivity contribution in [1.82, 2.24) is 0 Å². The number of rotatable bonds is 2. The van der Waals surface area contributed by atoms with E-state index in [-0.39, 0.29) is 0 Å². The van der Waals surface area contributed by atoms with Gasteiger partial charge in [0, 0.05) is 10.2 Å². The molecule has 0 radical (unpaired) electrons. The predicted molar refractivity (Wildman–Crippen MR) is 78.7 cm³/mol. The molecule has 1 nitrogen and oxygen atoms in total. The van der Waals surface area contributed by atoms with E-state index in [0.717, 1.165) is 17.2 Å². The van der Waals surface area contributed by atoms with Gasteiger partial charge in [0.2, 0.25) is 0 Å².